The second-order valence-corrected chi connectivity index (χ2v) is 6.60. The number of para-hydroxylation sites is 2. The number of aromatic nitrogens is 2. The summed E-state index contributed by atoms with van der Waals surface area (Å²) in [6.45, 7) is 3.56. The fourth-order valence-electron chi connectivity index (χ4n) is 2.89. The van der Waals surface area contributed by atoms with E-state index in [4.69, 9.17) is 11.6 Å². The van der Waals surface area contributed by atoms with Crippen LogP contribution in [0.1, 0.15) is 28.5 Å². The van der Waals surface area contributed by atoms with Crippen molar-refractivity contribution >= 4 is 29.1 Å². The number of benzene rings is 2. The van der Waals surface area contributed by atoms with Crippen molar-refractivity contribution in [3.8, 4) is 5.69 Å². The van der Waals surface area contributed by atoms with Gasteiger partial charge in [-0.25, -0.2) is 4.68 Å². The van der Waals surface area contributed by atoms with Gasteiger partial charge in [-0.1, -0.05) is 54.9 Å². The van der Waals surface area contributed by atoms with Crippen molar-refractivity contribution in [2.45, 2.75) is 20.3 Å². The van der Waals surface area contributed by atoms with Gasteiger partial charge in [0.15, 0.2) is 0 Å². The molecule has 3 rings (SSSR count). The lowest BCUT2D eigenvalue weighted by Gasteiger charge is -2.10. The van der Waals surface area contributed by atoms with Gasteiger partial charge in [-0.15, -0.1) is 0 Å². The second-order valence-electron chi connectivity index (χ2n) is 6.24. The maximum atomic E-state index is 12.6. The maximum Gasteiger partial charge on any atom is 0.256 e. The van der Waals surface area contributed by atoms with Crippen LogP contribution in [0.3, 0.4) is 0 Å². The van der Waals surface area contributed by atoms with Gasteiger partial charge in [0.25, 0.3) is 5.91 Å². The summed E-state index contributed by atoms with van der Waals surface area (Å²) < 4.78 is 1.50. The maximum absolute atomic E-state index is 12.6. The summed E-state index contributed by atoms with van der Waals surface area (Å²) in [5.41, 5.74) is 3.28. The Morgan fingerprint density at radius 3 is 2.46 bits per heavy atom. The Bertz CT molecular complexity index is 999. The molecule has 0 saturated heterocycles. The smallest absolute Gasteiger partial charge is 0.256 e. The fourth-order valence-corrected chi connectivity index (χ4v) is 3.25. The molecule has 2 amide bonds. The van der Waals surface area contributed by atoms with Crippen molar-refractivity contribution in [1.82, 2.24) is 15.1 Å². The van der Waals surface area contributed by atoms with Gasteiger partial charge < -0.3 is 10.6 Å². The molecule has 144 valence electrons. The standard InChI is InChI=1S/C21H21ClN4O2/c1-3-15-9-7-8-12-17(15)24-18(27)13-23-21(28)19-14(2)25-26(20(19)22)16-10-5-4-6-11-16/h4-12H,3,13H2,1-2H3,(H,23,28)(H,24,27). The average Bonchev–Trinajstić information content (AvgIpc) is 3.01. The Balaban J connectivity index is 1.68. The van der Waals surface area contributed by atoms with E-state index in [0.717, 1.165) is 23.4 Å². The molecule has 0 aliphatic heterocycles. The summed E-state index contributed by atoms with van der Waals surface area (Å²) in [5.74, 6) is -0.748. The number of nitrogens with zero attached hydrogens (tertiary/aromatic N) is 2. The normalized spacial score (nSPS) is 10.5. The Hall–Kier alpha value is -3.12. The zero-order chi connectivity index (χ0) is 20.1. The highest BCUT2D eigenvalue weighted by molar-refractivity contribution is 6.33. The molecule has 0 fully saturated rings. The predicted octanol–water partition coefficient (Wildman–Crippen LogP) is 3.77. The predicted molar refractivity (Wildman–Crippen MR) is 110 cm³/mol. The molecule has 0 radical (unpaired) electrons. The molecular weight excluding hydrogens is 376 g/mol. The molecule has 0 aliphatic rings. The first-order valence-corrected chi connectivity index (χ1v) is 9.35. The lowest BCUT2D eigenvalue weighted by Crippen LogP contribution is -2.33. The number of halogens is 1. The quantitative estimate of drug-likeness (QED) is 0.666. The number of rotatable bonds is 6. The van der Waals surface area contributed by atoms with E-state index in [0.29, 0.717) is 5.69 Å². The van der Waals surface area contributed by atoms with E-state index in [2.05, 4.69) is 15.7 Å². The van der Waals surface area contributed by atoms with Crippen molar-refractivity contribution in [2.75, 3.05) is 11.9 Å². The van der Waals surface area contributed by atoms with Gasteiger partial charge in [0, 0.05) is 5.69 Å². The van der Waals surface area contributed by atoms with Crippen LogP contribution in [0.5, 0.6) is 0 Å². The minimum Gasteiger partial charge on any atom is -0.343 e. The molecule has 1 heterocycles. The molecule has 6 nitrogen and oxygen atoms in total. The van der Waals surface area contributed by atoms with E-state index >= 15 is 0 Å². The van der Waals surface area contributed by atoms with E-state index in [1.165, 1.54) is 4.68 Å². The number of aryl methyl sites for hydroxylation is 2. The van der Waals surface area contributed by atoms with E-state index in [9.17, 15) is 9.59 Å². The number of carbonyl (C=O) groups excluding carboxylic acids is 2. The lowest BCUT2D eigenvalue weighted by atomic mass is 10.1. The van der Waals surface area contributed by atoms with Gasteiger partial charge in [0.05, 0.1) is 23.5 Å². The second kappa shape index (κ2) is 8.71. The van der Waals surface area contributed by atoms with E-state index < -0.39 is 5.91 Å². The number of hydrogen-bond acceptors (Lipinski definition) is 3. The zero-order valence-electron chi connectivity index (χ0n) is 15.7. The molecule has 2 N–H and O–H groups in total. The summed E-state index contributed by atoms with van der Waals surface area (Å²) >= 11 is 6.38. The zero-order valence-corrected chi connectivity index (χ0v) is 16.5. The number of anilines is 1. The summed E-state index contributed by atoms with van der Waals surface area (Å²) in [4.78, 5) is 24.8. The summed E-state index contributed by atoms with van der Waals surface area (Å²) in [5, 5.41) is 9.98. The molecule has 28 heavy (non-hydrogen) atoms. The number of amides is 2. The first kappa shape index (κ1) is 19.6. The van der Waals surface area contributed by atoms with Crippen LogP contribution in [0, 0.1) is 6.92 Å². The van der Waals surface area contributed by atoms with Crippen molar-refractivity contribution in [1.29, 1.82) is 0 Å². The SMILES string of the molecule is CCc1ccccc1NC(=O)CNC(=O)c1c(C)nn(-c2ccccc2)c1Cl. The van der Waals surface area contributed by atoms with Gasteiger partial charge in [0.1, 0.15) is 5.15 Å². The molecule has 0 saturated carbocycles. The highest BCUT2D eigenvalue weighted by atomic mass is 35.5. The number of carbonyl (C=O) groups is 2. The first-order valence-electron chi connectivity index (χ1n) is 8.97. The third-order valence-corrected chi connectivity index (χ3v) is 4.66. The minimum absolute atomic E-state index is 0.164. The highest BCUT2D eigenvalue weighted by Crippen LogP contribution is 2.23. The van der Waals surface area contributed by atoms with E-state index in [-0.39, 0.29) is 23.2 Å². The van der Waals surface area contributed by atoms with Gasteiger partial charge in [-0.05, 0) is 37.1 Å². The molecule has 0 spiro atoms. The van der Waals surface area contributed by atoms with Crippen molar-refractivity contribution in [2.24, 2.45) is 0 Å². The van der Waals surface area contributed by atoms with E-state index in [1.54, 1.807) is 6.92 Å². The fraction of sp³-hybridized carbons (Fsp3) is 0.190. The molecule has 1 aromatic heterocycles. The van der Waals surface area contributed by atoms with Crippen LogP contribution in [0.25, 0.3) is 5.69 Å². The number of nitrogens with one attached hydrogen (secondary N) is 2. The van der Waals surface area contributed by atoms with Crippen LogP contribution in [0.4, 0.5) is 5.69 Å². The largest absolute Gasteiger partial charge is 0.343 e. The van der Waals surface area contributed by atoms with Crippen LogP contribution in [-0.4, -0.2) is 28.1 Å². The Kier molecular flexibility index (Phi) is 6.11. The van der Waals surface area contributed by atoms with Crippen molar-refractivity contribution in [3.63, 3.8) is 0 Å². The molecule has 2 aromatic carbocycles. The Morgan fingerprint density at radius 2 is 1.75 bits per heavy atom. The third-order valence-electron chi connectivity index (χ3n) is 4.31. The number of hydrogen-bond donors (Lipinski definition) is 2. The van der Waals surface area contributed by atoms with Crippen molar-refractivity contribution in [3.05, 3.63) is 76.6 Å². The van der Waals surface area contributed by atoms with Crippen molar-refractivity contribution < 1.29 is 9.59 Å². The lowest BCUT2D eigenvalue weighted by molar-refractivity contribution is -0.115. The molecule has 7 heteroatoms. The molecule has 0 aliphatic carbocycles. The van der Waals surface area contributed by atoms with Crippen LogP contribution in [0.15, 0.2) is 54.6 Å². The average molecular weight is 397 g/mol. The Labute approximate surface area is 168 Å². The topological polar surface area (TPSA) is 76.0 Å². The summed E-state index contributed by atoms with van der Waals surface area (Å²) in [6, 6.07) is 16.9. The molecule has 0 unspecified atom stereocenters. The van der Waals surface area contributed by atoms with Crippen LogP contribution in [0.2, 0.25) is 5.15 Å². The van der Waals surface area contributed by atoms with Gasteiger partial charge in [-0.2, -0.15) is 5.10 Å². The molecule has 0 bridgehead atoms. The van der Waals surface area contributed by atoms with Gasteiger partial charge >= 0.3 is 0 Å². The van der Waals surface area contributed by atoms with Gasteiger partial charge in [-0.3, -0.25) is 9.59 Å². The molecule has 3 aromatic rings. The van der Waals surface area contributed by atoms with Crippen LogP contribution >= 0.6 is 11.6 Å². The Morgan fingerprint density at radius 1 is 1.07 bits per heavy atom. The summed E-state index contributed by atoms with van der Waals surface area (Å²) in [7, 11) is 0. The monoisotopic (exact) mass is 396 g/mol. The van der Waals surface area contributed by atoms with Crippen LogP contribution in [-0.2, 0) is 11.2 Å². The minimum atomic E-state index is -0.441. The van der Waals surface area contributed by atoms with Crippen LogP contribution < -0.4 is 10.6 Å². The first-order chi connectivity index (χ1) is 13.5. The highest BCUT2D eigenvalue weighted by Gasteiger charge is 2.21. The molecular formula is C21H21ClN4O2. The van der Waals surface area contributed by atoms with Gasteiger partial charge in [0.2, 0.25) is 5.91 Å². The van der Waals surface area contributed by atoms with E-state index in [1.807, 2.05) is 61.5 Å². The summed E-state index contributed by atoms with van der Waals surface area (Å²) in [6.07, 6.45) is 0.802. The molecule has 0 atom stereocenters. The third kappa shape index (κ3) is 4.23.